The summed E-state index contributed by atoms with van der Waals surface area (Å²) in [5.74, 6) is -1.73. The molecule has 0 spiro atoms. The normalized spacial score (nSPS) is 17.4. The smallest absolute Gasteiger partial charge is 0.329 e. The van der Waals surface area contributed by atoms with Gasteiger partial charge in [0.1, 0.15) is 12.4 Å². The van der Waals surface area contributed by atoms with Gasteiger partial charge in [-0.3, -0.25) is 13.9 Å². The summed E-state index contributed by atoms with van der Waals surface area (Å²) in [6.07, 6.45) is 0.215. The van der Waals surface area contributed by atoms with Crippen LogP contribution in [0.1, 0.15) is 61.1 Å². The summed E-state index contributed by atoms with van der Waals surface area (Å²) in [6.45, 7) is 2.33. The number of hydrogen-bond donors (Lipinski definition) is 1. The van der Waals surface area contributed by atoms with Crippen LogP contribution in [0, 0.1) is 5.82 Å². The number of aliphatic hydroxyl groups is 1. The Morgan fingerprint density at radius 1 is 1.02 bits per heavy atom. The highest BCUT2D eigenvalue weighted by Gasteiger charge is 2.28. The Hall–Kier alpha value is -3.97. The number of carbonyl (C=O) groups excluding carboxylic acids is 1. The number of carbonyl (C=O) groups is 1. The molecule has 228 valence electrons. The van der Waals surface area contributed by atoms with Gasteiger partial charge in [0.2, 0.25) is 11.8 Å². The molecule has 2 aliphatic rings. The average Bonchev–Trinajstić information content (AvgIpc) is 3.62. The van der Waals surface area contributed by atoms with Gasteiger partial charge in [-0.15, -0.1) is 10.2 Å². The third-order valence-electron chi connectivity index (χ3n) is 8.75. The van der Waals surface area contributed by atoms with E-state index in [0.717, 1.165) is 55.9 Å². The molecule has 0 aliphatic carbocycles. The maximum Gasteiger partial charge on any atom is 0.329 e. The van der Waals surface area contributed by atoms with Gasteiger partial charge in [0.15, 0.2) is 0 Å². The van der Waals surface area contributed by atoms with E-state index in [4.69, 9.17) is 4.42 Å². The zero-order valence-electron chi connectivity index (χ0n) is 23.8. The quantitative estimate of drug-likeness (QED) is 0.343. The first-order valence-electron chi connectivity index (χ1n) is 14.5. The maximum atomic E-state index is 15.3. The lowest BCUT2D eigenvalue weighted by atomic mass is 9.89. The van der Waals surface area contributed by atoms with Gasteiger partial charge >= 0.3 is 12.1 Å². The number of imidazole rings is 1. The van der Waals surface area contributed by atoms with Crippen LogP contribution in [0.2, 0.25) is 0 Å². The number of piperidine rings is 2. The van der Waals surface area contributed by atoms with Crippen LogP contribution in [-0.2, 0) is 11.3 Å². The molecule has 0 unspecified atom stereocenters. The molecule has 0 saturated carbocycles. The van der Waals surface area contributed by atoms with Gasteiger partial charge in [0.05, 0.1) is 17.6 Å². The number of nitrogens with zero attached hydrogens (tertiary/aromatic N) is 6. The third-order valence-corrected chi connectivity index (χ3v) is 8.75. The molecule has 1 amide bonds. The predicted molar refractivity (Wildman–Crippen MR) is 151 cm³/mol. The molecule has 10 nitrogen and oxygen atoms in total. The van der Waals surface area contributed by atoms with E-state index >= 15 is 4.39 Å². The van der Waals surface area contributed by atoms with Crippen LogP contribution in [0.4, 0.5) is 13.2 Å². The Labute approximate surface area is 245 Å². The largest absolute Gasteiger partial charge is 0.415 e. The van der Waals surface area contributed by atoms with Crippen LogP contribution in [0.25, 0.3) is 22.5 Å². The average molecular weight is 599 g/mol. The van der Waals surface area contributed by atoms with Crippen LogP contribution in [-0.4, -0.2) is 80.0 Å². The lowest BCUT2D eigenvalue weighted by Crippen LogP contribution is -2.39. The highest BCUT2D eigenvalue weighted by atomic mass is 19.3. The van der Waals surface area contributed by atoms with E-state index in [1.807, 2.05) is 16.7 Å². The van der Waals surface area contributed by atoms with Crippen molar-refractivity contribution >= 4 is 16.9 Å². The van der Waals surface area contributed by atoms with Gasteiger partial charge in [-0.25, -0.2) is 9.18 Å². The molecule has 0 radical (unpaired) electrons. The van der Waals surface area contributed by atoms with Gasteiger partial charge < -0.3 is 19.3 Å². The fourth-order valence-electron chi connectivity index (χ4n) is 6.29. The SMILES string of the molecule is CN1CCC(n2c(=O)n(Cc3ccc(-c4nnc(C(F)F)o4)cc3F)c3ccc(C4CCN(C(=O)CO)CC4)cc32)CC1. The van der Waals surface area contributed by atoms with Crippen LogP contribution >= 0.6 is 0 Å². The molecule has 43 heavy (non-hydrogen) atoms. The highest BCUT2D eigenvalue weighted by Crippen LogP contribution is 2.33. The Bertz CT molecular complexity index is 1680. The number of rotatable bonds is 7. The minimum atomic E-state index is -2.93. The molecule has 2 aromatic heterocycles. The van der Waals surface area contributed by atoms with E-state index < -0.39 is 24.7 Å². The molecular formula is C30H33F3N6O4. The molecule has 4 aromatic rings. The van der Waals surface area contributed by atoms with Gasteiger partial charge in [-0.05, 0) is 81.6 Å². The molecule has 0 atom stereocenters. The molecule has 4 heterocycles. The van der Waals surface area contributed by atoms with E-state index in [1.54, 1.807) is 9.47 Å². The van der Waals surface area contributed by atoms with Gasteiger partial charge in [0.25, 0.3) is 5.89 Å². The maximum absolute atomic E-state index is 15.3. The molecular weight excluding hydrogens is 565 g/mol. The van der Waals surface area contributed by atoms with E-state index in [-0.39, 0.29) is 47.1 Å². The fourth-order valence-corrected chi connectivity index (χ4v) is 6.29. The van der Waals surface area contributed by atoms with Crippen LogP contribution in [0.15, 0.2) is 45.6 Å². The Morgan fingerprint density at radius 2 is 1.77 bits per heavy atom. The van der Waals surface area contributed by atoms with Crippen molar-refractivity contribution in [2.45, 2.75) is 50.6 Å². The number of benzene rings is 2. The van der Waals surface area contributed by atoms with Crippen molar-refractivity contribution < 1.29 is 27.5 Å². The van der Waals surface area contributed by atoms with Crippen molar-refractivity contribution in [3.63, 3.8) is 0 Å². The molecule has 2 aliphatic heterocycles. The van der Waals surface area contributed by atoms with Crippen molar-refractivity contribution in [2.75, 3.05) is 39.8 Å². The Kier molecular flexibility index (Phi) is 8.10. The number of hydrogen-bond acceptors (Lipinski definition) is 7. The molecule has 13 heteroatoms. The lowest BCUT2D eigenvalue weighted by Gasteiger charge is -2.32. The lowest BCUT2D eigenvalue weighted by molar-refractivity contribution is -0.135. The van der Waals surface area contributed by atoms with Crippen molar-refractivity contribution in [2.24, 2.45) is 0 Å². The number of halogens is 3. The van der Waals surface area contributed by atoms with Gasteiger partial charge in [-0.2, -0.15) is 8.78 Å². The number of amides is 1. The van der Waals surface area contributed by atoms with Crippen LogP contribution in [0.5, 0.6) is 0 Å². The number of aliphatic hydroxyl groups excluding tert-OH is 1. The van der Waals surface area contributed by atoms with Crippen molar-refractivity contribution in [1.29, 1.82) is 0 Å². The zero-order valence-corrected chi connectivity index (χ0v) is 23.8. The molecule has 2 aromatic carbocycles. The second-order valence-electron chi connectivity index (χ2n) is 11.4. The van der Waals surface area contributed by atoms with Crippen molar-refractivity contribution in [3.8, 4) is 11.5 Å². The standard InChI is InChI=1S/C30H33F3N6O4/c1-36-10-8-22(9-11-36)39-25-15-19(18-6-12-37(13-7-18)26(41)17-40)4-5-24(25)38(30(39)42)16-21-3-2-20(14-23(21)31)28-34-35-29(43-28)27(32)33/h2-5,14-15,18,22,27,40H,6-13,16-17H2,1H3. The van der Waals surface area contributed by atoms with E-state index in [9.17, 15) is 23.5 Å². The fraction of sp³-hybridized carbons (Fsp3) is 0.467. The minimum absolute atomic E-state index is 0.000466. The van der Waals surface area contributed by atoms with Crippen LogP contribution in [0.3, 0.4) is 0 Å². The summed E-state index contributed by atoms with van der Waals surface area (Å²) in [4.78, 5) is 29.8. The van der Waals surface area contributed by atoms with Gasteiger partial charge in [-0.1, -0.05) is 12.1 Å². The molecule has 2 fully saturated rings. The topological polar surface area (TPSA) is 110 Å². The molecule has 2 saturated heterocycles. The monoisotopic (exact) mass is 598 g/mol. The second kappa shape index (κ2) is 12.0. The predicted octanol–water partition coefficient (Wildman–Crippen LogP) is 3.94. The van der Waals surface area contributed by atoms with Gasteiger partial charge in [0, 0.05) is 30.3 Å². The van der Waals surface area contributed by atoms with Crippen LogP contribution < -0.4 is 5.69 Å². The summed E-state index contributed by atoms with van der Waals surface area (Å²) in [6, 6.07) is 10.1. The third kappa shape index (κ3) is 5.70. The molecule has 6 rings (SSSR count). The zero-order chi connectivity index (χ0) is 30.2. The highest BCUT2D eigenvalue weighted by molar-refractivity contribution is 5.78. The number of alkyl halides is 2. The minimum Gasteiger partial charge on any atom is -0.415 e. The van der Waals surface area contributed by atoms with E-state index in [2.05, 4.69) is 28.2 Å². The second-order valence-corrected chi connectivity index (χ2v) is 11.4. The van der Waals surface area contributed by atoms with Crippen molar-refractivity contribution in [3.05, 3.63) is 69.7 Å². The number of aromatic nitrogens is 4. The first-order valence-corrected chi connectivity index (χ1v) is 14.5. The summed E-state index contributed by atoms with van der Waals surface area (Å²) in [5, 5.41) is 16.1. The molecule has 1 N–H and O–H groups in total. The van der Waals surface area contributed by atoms with E-state index in [0.29, 0.717) is 18.6 Å². The first kappa shape index (κ1) is 29.1. The summed E-state index contributed by atoms with van der Waals surface area (Å²) in [5.41, 5.74) is 2.79. The summed E-state index contributed by atoms with van der Waals surface area (Å²) in [7, 11) is 2.06. The summed E-state index contributed by atoms with van der Waals surface area (Å²) < 4.78 is 49.4. The molecule has 0 bridgehead atoms. The van der Waals surface area contributed by atoms with Crippen molar-refractivity contribution in [1.82, 2.24) is 29.1 Å². The number of fused-ring (bicyclic) bond motifs is 1. The van der Waals surface area contributed by atoms with E-state index in [1.165, 1.54) is 12.1 Å². The first-order chi connectivity index (χ1) is 20.7. The summed E-state index contributed by atoms with van der Waals surface area (Å²) >= 11 is 0. The number of likely N-dealkylation sites (tertiary alicyclic amines) is 2. The Morgan fingerprint density at radius 3 is 2.42 bits per heavy atom. The Balaban J connectivity index is 1.33.